The van der Waals surface area contributed by atoms with Crippen LogP contribution < -0.4 is 14.8 Å². The largest absolute Gasteiger partial charge is 0.494 e. The molecule has 1 fully saturated rings. The predicted octanol–water partition coefficient (Wildman–Crippen LogP) is 4.93. The number of aliphatic hydroxyl groups is 1. The van der Waals surface area contributed by atoms with E-state index in [2.05, 4.69) is 25.5 Å². The van der Waals surface area contributed by atoms with E-state index in [-0.39, 0.29) is 17.2 Å². The van der Waals surface area contributed by atoms with Gasteiger partial charge in [-0.2, -0.15) is 0 Å². The molecule has 0 aromatic carbocycles. The summed E-state index contributed by atoms with van der Waals surface area (Å²) in [5, 5.41) is 22.2. The molecule has 35 heavy (non-hydrogen) atoms. The van der Waals surface area contributed by atoms with Crippen molar-refractivity contribution < 1.29 is 19.4 Å². The van der Waals surface area contributed by atoms with Crippen LogP contribution >= 0.6 is 22.9 Å². The zero-order chi connectivity index (χ0) is 25.2. The first-order chi connectivity index (χ1) is 16.6. The lowest BCUT2D eigenvalue weighted by Crippen LogP contribution is -2.36. The van der Waals surface area contributed by atoms with Gasteiger partial charge in [0.15, 0.2) is 0 Å². The van der Waals surface area contributed by atoms with Crippen LogP contribution in [0, 0.1) is 12.8 Å². The maximum atomic E-state index is 13.2. The Morgan fingerprint density at radius 3 is 2.57 bits per heavy atom. The molecule has 1 aliphatic carbocycles. The van der Waals surface area contributed by atoms with E-state index in [0.717, 1.165) is 31.4 Å². The van der Waals surface area contributed by atoms with Crippen LogP contribution in [0.5, 0.6) is 10.9 Å². The molecule has 0 bridgehead atoms. The Hall–Kier alpha value is -2.82. The molecule has 0 radical (unpaired) electrons. The summed E-state index contributed by atoms with van der Waals surface area (Å²) in [4.78, 5) is 21.5. The van der Waals surface area contributed by atoms with E-state index in [1.165, 1.54) is 30.8 Å². The smallest absolute Gasteiger partial charge is 0.296 e. The van der Waals surface area contributed by atoms with Gasteiger partial charge in [0.2, 0.25) is 5.13 Å². The van der Waals surface area contributed by atoms with Crippen LogP contribution in [0.3, 0.4) is 0 Å². The fourth-order valence-corrected chi connectivity index (χ4v) is 5.07. The van der Waals surface area contributed by atoms with Crippen LogP contribution in [-0.4, -0.2) is 50.0 Å². The minimum atomic E-state index is -0.680. The quantitative estimate of drug-likeness (QED) is 0.423. The van der Waals surface area contributed by atoms with Crippen molar-refractivity contribution in [2.45, 2.75) is 58.2 Å². The highest BCUT2D eigenvalue weighted by atomic mass is 35.5. The van der Waals surface area contributed by atoms with E-state index in [1.54, 1.807) is 12.1 Å². The van der Waals surface area contributed by atoms with Crippen molar-refractivity contribution >= 4 is 34.0 Å². The maximum absolute atomic E-state index is 13.2. The van der Waals surface area contributed by atoms with Crippen molar-refractivity contribution in [1.29, 1.82) is 0 Å². The van der Waals surface area contributed by atoms with E-state index in [4.69, 9.17) is 21.1 Å². The van der Waals surface area contributed by atoms with E-state index in [0.29, 0.717) is 32.8 Å². The van der Waals surface area contributed by atoms with Crippen molar-refractivity contribution in [2.24, 2.45) is 5.92 Å². The topological polar surface area (TPSA) is 119 Å². The van der Waals surface area contributed by atoms with Gasteiger partial charge in [-0.1, -0.05) is 16.7 Å². The molecule has 4 rings (SSSR count). The molecule has 0 saturated heterocycles. The maximum Gasteiger partial charge on any atom is 0.296 e. The van der Waals surface area contributed by atoms with Crippen molar-refractivity contribution in [3.63, 3.8) is 0 Å². The normalized spacial score (nSPS) is 18.2. The third-order valence-electron chi connectivity index (χ3n) is 6.20. The Labute approximate surface area is 212 Å². The number of hydrogen-bond donors (Lipinski definition) is 2. The van der Waals surface area contributed by atoms with E-state index in [1.807, 2.05) is 20.8 Å². The highest BCUT2D eigenvalue weighted by molar-refractivity contribution is 7.17. The van der Waals surface area contributed by atoms with Gasteiger partial charge in [0.25, 0.3) is 11.1 Å². The first kappa shape index (κ1) is 25.3. The lowest BCUT2D eigenvalue weighted by molar-refractivity contribution is -0.0152. The number of halogens is 1. The molecule has 2 N–H and O–H groups in total. The summed E-state index contributed by atoms with van der Waals surface area (Å²) < 4.78 is 11.4. The third kappa shape index (κ3) is 6.06. The molecule has 3 heterocycles. The van der Waals surface area contributed by atoms with Crippen LogP contribution in [-0.2, 0) is 0 Å². The number of rotatable bonds is 7. The Morgan fingerprint density at radius 2 is 1.89 bits per heavy atom. The molecule has 0 unspecified atom stereocenters. The van der Waals surface area contributed by atoms with Crippen molar-refractivity contribution in [3.05, 3.63) is 40.9 Å². The summed E-state index contributed by atoms with van der Waals surface area (Å²) in [7, 11) is 1.53. The Morgan fingerprint density at radius 1 is 1.14 bits per heavy atom. The van der Waals surface area contributed by atoms with Gasteiger partial charge in [-0.05, 0) is 75.8 Å². The number of nitrogens with zero attached hydrogens (tertiary/aromatic N) is 4. The number of anilines is 1. The summed E-state index contributed by atoms with van der Waals surface area (Å²) in [5.41, 5.74) is 1.63. The minimum Gasteiger partial charge on any atom is -0.494 e. The molecule has 0 atom stereocenters. The average molecular weight is 518 g/mol. The number of carbonyl (C=O) groups excluding carboxylic acids is 1. The second-order valence-corrected chi connectivity index (χ2v) is 10.5. The Bertz CT molecular complexity index is 1200. The molecule has 0 aliphatic heterocycles. The standard InChI is InChI=1S/C24H28ClN5O4S/c1-13-9-16(17-10-20(25)27-12-19(17)33-4)18(11-26-13)21(31)28-22-29-30-23(35-22)34-15-7-5-14(6-8-15)24(2,3)32/h9-12,14-15,32H,5-8H2,1-4H3,(H,28,29,31)/t14-,15-. The molecule has 186 valence electrons. The molecule has 9 nitrogen and oxygen atoms in total. The summed E-state index contributed by atoms with van der Waals surface area (Å²) in [6, 6.07) is 3.44. The van der Waals surface area contributed by atoms with E-state index in [9.17, 15) is 9.90 Å². The zero-order valence-electron chi connectivity index (χ0n) is 20.0. The summed E-state index contributed by atoms with van der Waals surface area (Å²) in [6.45, 7) is 5.55. The first-order valence-corrected chi connectivity index (χ1v) is 12.5. The van der Waals surface area contributed by atoms with E-state index >= 15 is 0 Å². The van der Waals surface area contributed by atoms with Crippen molar-refractivity contribution in [2.75, 3.05) is 12.4 Å². The highest BCUT2D eigenvalue weighted by Crippen LogP contribution is 2.36. The number of aromatic nitrogens is 4. The number of aryl methyl sites for hydroxylation is 1. The predicted molar refractivity (Wildman–Crippen MR) is 134 cm³/mol. The van der Waals surface area contributed by atoms with Crippen LogP contribution in [0.4, 0.5) is 5.13 Å². The van der Waals surface area contributed by atoms with Gasteiger partial charge in [0.1, 0.15) is 17.0 Å². The van der Waals surface area contributed by atoms with Gasteiger partial charge < -0.3 is 14.6 Å². The summed E-state index contributed by atoms with van der Waals surface area (Å²) in [5.74, 6) is 0.355. The summed E-state index contributed by atoms with van der Waals surface area (Å²) in [6.07, 6.45) is 6.49. The van der Waals surface area contributed by atoms with Gasteiger partial charge in [0.05, 0.1) is 24.5 Å². The number of ether oxygens (including phenoxy) is 2. The lowest BCUT2D eigenvalue weighted by atomic mass is 9.78. The van der Waals surface area contributed by atoms with Gasteiger partial charge >= 0.3 is 0 Å². The fourth-order valence-electron chi connectivity index (χ4n) is 4.26. The second kappa shape index (κ2) is 10.4. The highest BCUT2D eigenvalue weighted by Gasteiger charge is 2.32. The Balaban J connectivity index is 1.47. The number of pyridine rings is 2. The average Bonchev–Trinajstić information content (AvgIpc) is 3.25. The number of carbonyl (C=O) groups is 1. The number of hydrogen-bond acceptors (Lipinski definition) is 9. The molecule has 11 heteroatoms. The molecular formula is C24H28ClN5O4S. The van der Waals surface area contributed by atoms with E-state index < -0.39 is 11.5 Å². The molecule has 3 aromatic rings. The SMILES string of the molecule is COc1cnc(Cl)cc1-c1cc(C)ncc1C(=O)Nc1nnc(O[C@H]2CC[C@H](C(C)(C)O)CC2)s1. The second-order valence-electron chi connectivity index (χ2n) is 9.15. The Kier molecular flexibility index (Phi) is 7.53. The van der Waals surface area contributed by atoms with Crippen LogP contribution in [0.15, 0.2) is 24.5 Å². The monoisotopic (exact) mass is 517 g/mol. The van der Waals surface area contributed by atoms with Gasteiger partial charge in [-0.3, -0.25) is 15.1 Å². The molecule has 1 aliphatic rings. The van der Waals surface area contributed by atoms with Crippen molar-refractivity contribution in [3.8, 4) is 22.1 Å². The fraction of sp³-hybridized carbons (Fsp3) is 0.458. The van der Waals surface area contributed by atoms with Crippen LogP contribution in [0.1, 0.15) is 55.6 Å². The zero-order valence-corrected chi connectivity index (χ0v) is 21.6. The summed E-state index contributed by atoms with van der Waals surface area (Å²) >= 11 is 7.28. The van der Waals surface area contributed by atoms with Crippen LogP contribution in [0.25, 0.3) is 11.1 Å². The third-order valence-corrected chi connectivity index (χ3v) is 7.13. The molecule has 0 spiro atoms. The molecule has 1 saturated carbocycles. The number of methoxy groups -OCH3 is 1. The first-order valence-electron chi connectivity index (χ1n) is 11.3. The number of amides is 1. The van der Waals surface area contributed by atoms with Crippen LogP contribution in [0.2, 0.25) is 5.15 Å². The number of nitrogens with one attached hydrogen (secondary N) is 1. The van der Waals surface area contributed by atoms with Gasteiger partial charge in [-0.25, -0.2) is 4.98 Å². The molecular weight excluding hydrogens is 490 g/mol. The molecule has 1 amide bonds. The van der Waals surface area contributed by atoms with Gasteiger partial charge in [0, 0.05) is 23.0 Å². The van der Waals surface area contributed by atoms with Gasteiger partial charge in [-0.15, -0.1) is 5.10 Å². The molecule has 3 aromatic heterocycles. The lowest BCUT2D eigenvalue weighted by Gasteiger charge is -2.35. The minimum absolute atomic E-state index is 0.0157. The van der Waals surface area contributed by atoms with Crippen molar-refractivity contribution in [1.82, 2.24) is 20.2 Å².